The van der Waals surface area contributed by atoms with Gasteiger partial charge in [0, 0.05) is 33.1 Å². The van der Waals surface area contributed by atoms with E-state index < -0.39 is 0 Å². The second-order valence-electron chi connectivity index (χ2n) is 3.64. The summed E-state index contributed by atoms with van der Waals surface area (Å²) in [4.78, 5) is 26.0. The molecule has 1 rings (SSSR count). The molecule has 1 aliphatic rings. The van der Waals surface area contributed by atoms with Gasteiger partial charge in [0.15, 0.2) is 5.78 Å². The van der Waals surface area contributed by atoms with Crippen LogP contribution in [0.3, 0.4) is 0 Å². The van der Waals surface area contributed by atoms with E-state index in [1.165, 1.54) is 0 Å². The molecule has 0 saturated carbocycles. The Morgan fingerprint density at radius 2 is 2.14 bits per heavy atom. The molecule has 0 radical (unpaired) electrons. The van der Waals surface area contributed by atoms with Crippen LogP contribution in [-0.4, -0.2) is 48.3 Å². The number of likely N-dealkylation sites (N-methyl/N-ethyl adjacent to an activating group) is 1. The maximum absolute atomic E-state index is 11.4. The largest absolute Gasteiger partial charge is 0.326 e. The fraction of sp³-hybridized carbons (Fsp3) is 0.600. The molecule has 1 fully saturated rings. The van der Waals surface area contributed by atoms with Crippen LogP contribution in [0, 0.1) is 0 Å². The molecule has 0 N–H and O–H groups in total. The first kappa shape index (κ1) is 10.8. The van der Waals surface area contributed by atoms with E-state index >= 15 is 0 Å². The van der Waals surface area contributed by atoms with E-state index in [0.717, 1.165) is 13.1 Å². The molecule has 1 saturated heterocycles. The molecule has 0 spiro atoms. The number of nitrogens with zero attached hydrogens (tertiary/aromatic N) is 2. The maximum atomic E-state index is 11.4. The van der Waals surface area contributed by atoms with Crippen molar-refractivity contribution in [2.45, 2.75) is 13.3 Å². The fourth-order valence-corrected chi connectivity index (χ4v) is 1.36. The van der Waals surface area contributed by atoms with Crippen molar-refractivity contribution < 1.29 is 9.59 Å². The van der Waals surface area contributed by atoms with Gasteiger partial charge in [0.05, 0.1) is 0 Å². The lowest BCUT2D eigenvalue weighted by Crippen LogP contribution is -2.31. The van der Waals surface area contributed by atoms with Crippen molar-refractivity contribution in [3.8, 4) is 0 Å². The first-order chi connectivity index (χ1) is 6.52. The van der Waals surface area contributed by atoms with Crippen molar-refractivity contribution in [2.24, 2.45) is 0 Å². The van der Waals surface area contributed by atoms with E-state index in [0.29, 0.717) is 18.5 Å². The summed E-state index contributed by atoms with van der Waals surface area (Å²) in [5.74, 6) is 0.0346. The Labute approximate surface area is 84.2 Å². The number of urea groups is 1. The van der Waals surface area contributed by atoms with Crippen molar-refractivity contribution in [1.82, 2.24) is 9.80 Å². The van der Waals surface area contributed by atoms with Gasteiger partial charge in [-0.2, -0.15) is 0 Å². The Bertz CT molecular complexity index is 273. The smallest absolute Gasteiger partial charge is 0.319 e. The summed E-state index contributed by atoms with van der Waals surface area (Å²) >= 11 is 0. The molecule has 1 aliphatic heterocycles. The van der Waals surface area contributed by atoms with E-state index in [1.54, 1.807) is 23.8 Å². The van der Waals surface area contributed by atoms with Gasteiger partial charge in [-0.3, -0.25) is 4.79 Å². The molecule has 0 aromatic heterocycles. The summed E-state index contributed by atoms with van der Waals surface area (Å²) in [7, 11) is 1.77. The molecule has 0 bridgehead atoms. The van der Waals surface area contributed by atoms with Crippen LogP contribution in [0.4, 0.5) is 4.79 Å². The molecule has 0 aromatic carbocycles. The van der Waals surface area contributed by atoms with E-state index in [1.807, 2.05) is 0 Å². The van der Waals surface area contributed by atoms with Gasteiger partial charge in [0.1, 0.15) is 0 Å². The molecule has 4 nitrogen and oxygen atoms in total. The van der Waals surface area contributed by atoms with Crippen LogP contribution >= 0.6 is 0 Å². The molecule has 1 heterocycles. The topological polar surface area (TPSA) is 40.6 Å². The monoisotopic (exact) mass is 196 g/mol. The minimum atomic E-state index is 0.0134. The number of ketones is 1. The van der Waals surface area contributed by atoms with Crippen molar-refractivity contribution >= 4 is 11.8 Å². The second kappa shape index (κ2) is 4.26. The average molecular weight is 196 g/mol. The van der Waals surface area contributed by atoms with Crippen LogP contribution in [0.1, 0.15) is 13.3 Å². The van der Waals surface area contributed by atoms with Gasteiger partial charge >= 0.3 is 6.03 Å². The summed E-state index contributed by atoms with van der Waals surface area (Å²) in [5, 5.41) is 0. The van der Waals surface area contributed by atoms with Crippen LogP contribution in [0.15, 0.2) is 12.2 Å². The van der Waals surface area contributed by atoms with Crippen LogP contribution in [0.5, 0.6) is 0 Å². The number of hydrogen-bond acceptors (Lipinski definition) is 2. The summed E-state index contributed by atoms with van der Waals surface area (Å²) in [6.07, 6.45) is 0.384. The lowest BCUT2D eigenvalue weighted by molar-refractivity contribution is -0.115. The zero-order valence-corrected chi connectivity index (χ0v) is 8.75. The lowest BCUT2D eigenvalue weighted by atomic mass is 10.1. The number of allylic oxidation sites excluding steroid dienone is 1. The normalized spacial score (nSPS) is 16.3. The highest BCUT2D eigenvalue weighted by molar-refractivity contribution is 5.94. The van der Waals surface area contributed by atoms with Gasteiger partial charge in [0.25, 0.3) is 0 Å². The minimum absolute atomic E-state index is 0.0134. The number of carbonyl (C=O) groups excluding carboxylic acids is 2. The molecule has 0 unspecified atom stereocenters. The summed E-state index contributed by atoms with van der Waals surface area (Å²) in [6.45, 7) is 7.25. The van der Waals surface area contributed by atoms with Crippen LogP contribution in [-0.2, 0) is 4.79 Å². The highest BCUT2D eigenvalue weighted by Crippen LogP contribution is 2.07. The van der Waals surface area contributed by atoms with E-state index in [-0.39, 0.29) is 11.8 Å². The van der Waals surface area contributed by atoms with Crippen LogP contribution < -0.4 is 0 Å². The number of hydrogen-bond donors (Lipinski definition) is 0. The van der Waals surface area contributed by atoms with Gasteiger partial charge in [-0.05, 0) is 12.5 Å². The molecule has 4 heteroatoms. The number of rotatable bonds is 4. The lowest BCUT2D eigenvalue weighted by Gasteiger charge is -2.14. The Morgan fingerprint density at radius 3 is 2.57 bits per heavy atom. The van der Waals surface area contributed by atoms with E-state index in [9.17, 15) is 9.59 Å². The molecular formula is C10H16N2O2. The highest BCUT2D eigenvalue weighted by Gasteiger charge is 2.25. The first-order valence-electron chi connectivity index (χ1n) is 4.71. The highest BCUT2D eigenvalue weighted by atomic mass is 16.2. The molecule has 2 amide bonds. The zero-order valence-electron chi connectivity index (χ0n) is 8.75. The molecular weight excluding hydrogens is 180 g/mol. The Hall–Kier alpha value is -1.32. The maximum Gasteiger partial charge on any atom is 0.319 e. The third-order valence-electron chi connectivity index (χ3n) is 2.39. The molecule has 78 valence electrons. The van der Waals surface area contributed by atoms with Gasteiger partial charge in [-0.1, -0.05) is 6.58 Å². The van der Waals surface area contributed by atoms with E-state index in [4.69, 9.17) is 0 Å². The van der Waals surface area contributed by atoms with Gasteiger partial charge in [-0.25, -0.2) is 4.79 Å². The first-order valence-corrected chi connectivity index (χ1v) is 4.71. The number of carbonyl (C=O) groups is 2. The quantitative estimate of drug-likeness (QED) is 0.626. The third-order valence-corrected chi connectivity index (χ3v) is 2.39. The van der Waals surface area contributed by atoms with E-state index in [2.05, 4.69) is 6.58 Å². The van der Waals surface area contributed by atoms with Crippen LogP contribution in [0.25, 0.3) is 0 Å². The number of Topliss-reactive ketones (excluding diaryl/α,β-unsaturated/α-hetero) is 1. The zero-order chi connectivity index (χ0) is 10.7. The van der Waals surface area contributed by atoms with Crippen LogP contribution in [0.2, 0.25) is 0 Å². The Morgan fingerprint density at radius 1 is 1.50 bits per heavy atom. The summed E-state index contributed by atoms with van der Waals surface area (Å²) in [5.41, 5.74) is 0.560. The van der Waals surface area contributed by atoms with Crippen molar-refractivity contribution in [3.05, 3.63) is 12.2 Å². The second-order valence-corrected chi connectivity index (χ2v) is 3.64. The predicted molar refractivity (Wildman–Crippen MR) is 54.0 cm³/mol. The van der Waals surface area contributed by atoms with Gasteiger partial charge in [-0.15, -0.1) is 0 Å². The van der Waals surface area contributed by atoms with Crippen molar-refractivity contribution in [2.75, 3.05) is 26.7 Å². The molecule has 0 atom stereocenters. The standard InChI is InChI=1S/C10H16N2O2/c1-8(2)9(13)4-5-12-7-6-11(3)10(12)14/h1,4-7H2,2-3H3. The molecule has 0 aromatic rings. The third kappa shape index (κ3) is 2.34. The average Bonchev–Trinajstić information content (AvgIpc) is 2.44. The van der Waals surface area contributed by atoms with Crippen molar-refractivity contribution in [1.29, 1.82) is 0 Å². The predicted octanol–water partition coefficient (Wildman–Crippen LogP) is 0.889. The molecule has 0 aliphatic carbocycles. The SMILES string of the molecule is C=C(C)C(=O)CCN1CCN(C)C1=O. The Balaban J connectivity index is 2.36. The molecule has 14 heavy (non-hydrogen) atoms. The van der Waals surface area contributed by atoms with Gasteiger partial charge < -0.3 is 9.80 Å². The number of amides is 2. The Kier molecular flexibility index (Phi) is 3.28. The van der Waals surface area contributed by atoms with Gasteiger partial charge in [0.2, 0.25) is 0 Å². The summed E-state index contributed by atoms with van der Waals surface area (Å²) in [6, 6.07) is 0.0134. The fourth-order valence-electron chi connectivity index (χ4n) is 1.36. The van der Waals surface area contributed by atoms with Crippen molar-refractivity contribution in [3.63, 3.8) is 0 Å². The summed E-state index contributed by atoms with van der Waals surface area (Å²) < 4.78 is 0. The minimum Gasteiger partial charge on any atom is -0.326 e.